The summed E-state index contributed by atoms with van der Waals surface area (Å²) in [5.41, 5.74) is 2.50. The summed E-state index contributed by atoms with van der Waals surface area (Å²) < 4.78 is 127. The Morgan fingerprint density at radius 2 is 0.820 bits per heavy atom. The molecule has 8 aromatic carbocycles. The van der Waals surface area contributed by atoms with Gasteiger partial charge in [0.15, 0.2) is 0 Å². The number of hydrogen-bond donors (Lipinski definition) is 1. The highest BCUT2D eigenvalue weighted by Crippen LogP contribution is 2.37. The average molecular weight is 802 g/mol. The molecule has 0 atom stereocenters. The maximum Gasteiger partial charge on any atom is 0.142 e. The Balaban J connectivity index is 0.000000183. The van der Waals surface area contributed by atoms with Gasteiger partial charge >= 0.3 is 0 Å². The maximum atomic E-state index is 12.7. The molecule has 7 nitrogen and oxygen atoms in total. The van der Waals surface area contributed by atoms with E-state index in [0.29, 0.717) is 44.8 Å². The van der Waals surface area contributed by atoms with Crippen LogP contribution in [0.3, 0.4) is 0 Å². The number of H-pyrrole nitrogens is 1. The lowest BCUT2D eigenvalue weighted by atomic mass is 10.1. The summed E-state index contributed by atoms with van der Waals surface area (Å²) >= 11 is 0. The van der Waals surface area contributed by atoms with Crippen molar-refractivity contribution in [3.05, 3.63) is 203 Å². The zero-order valence-electron chi connectivity index (χ0n) is 43.2. The first-order valence-electron chi connectivity index (χ1n) is 24.2. The first kappa shape index (κ1) is 26.1. The third-order valence-electron chi connectivity index (χ3n) is 9.89. The van der Waals surface area contributed by atoms with E-state index in [0.717, 1.165) is 10.9 Å². The Labute approximate surface area is 364 Å². The van der Waals surface area contributed by atoms with Crippen LogP contribution in [0.4, 0.5) is 8.78 Å². The molecule has 0 aliphatic carbocycles. The third kappa shape index (κ3) is 6.52. The Hall–Kier alpha value is -9.02. The highest BCUT2D eigenvalue weighted by atomic mass is 19.1. The fraction of sp³-hybridized carbons (Fsp3) is 0. The smallest absolute Gasteiger partial charge is 0.142 e. The molecule has 0 unspecified atom stereocenters. The Bertz CT molecular complexity index is 4190. The second kappa shape index (κ2) is 15.7. The van der Waals surface area contributed by atoms with Crippen LogP contribution in [-0.4, -0.2) is 14.1 Å². The molecule has 0 aliphatic rings. The lowest BCUT2D eigenvalue weighted by molar-refractivity contribution is 0.594. The quantitative estimate of drug-likeness (QED) is 0.187. The second-order valence-electron chi connectivity index (χ2n) is 13.2. The fourth-order valence-corrected chi connectivity index (χ4v) is 7.24. The summed E-state index contributed by atoms with van der Waals surface area (Å²) in [6.07, 6.45) is 0. The van der Waals surface area contributed by atoms with Crippen molar-refractivity contribution >= 4 is 65.4 Å². The van der Waals surface area contributed by atoms with E-state index in [1.165, 1.54) is 24.3 Å². The van der Waals surface area contributed by atoms with E-state index in [-0.39, 0.29) is 105 Å². The highest BCUT2D eigenvalue weighted by Gasteiger charge is 2.20. The fourth-order valence-electron chi connectivity index (χ4n) is 7.24. The molecule has 3 aromatic heterocycles. The summed E-state index contributed by atoms with van der Waals surface area (Å²) in [5.74, 6) is -1.76. The number of benzene rings is 8. The van der Waals surface area contributed by atoms with E-state index in [9.17, 15) is 19.3 Å². The molecule has 11 rings (SSSR count). The minimum Gasteiger partial charge on any atom is -0.355 e. The number of fused-ring (bicyclic) bond motifs is 9. The van der Waals surface area contributed by atoms with Crippen molar-refractivity contribution < 1.29 is 25.2 Å². The van der Waals surface area contributed by atoms with Gasteiger partial charge in [-0.05, 0) is 60.6 Å². The SMILES string of the molecule is N#Cc1cc(F)c(C#N)cc1F.[2H]c1c([2H])c([2H])c2c([nH]c3ccccc32)c1[2H].[2H]c1c([2H])c([2H])c2c(c1[2H])c1ccccc1n2-c1cc(C#N)c(-n2c3ccccc3c3c([2H])c([2H])c([2H])c([2H])c32)cc1C#N. The van der Waals surface area contributed by atoms with Crippen molar-refractivity contribution in [3.8, 4) is 35.7 Å². The van der Waals surface area contributed by atoms with Gasteiger partial charge in [0, 0.05) is 43.4 Å². The molecule has 0 amide bonds. The minimum atomic E-state index is -0.879. The van der Waals surface area contributed by atoms with Crippen LogP contribution >= 0.6 is 0 Å². The van der Waals surface area contributed by atoms with Gasteiger partial charge < -0.3 is 14.1 Å². The lowest BCUT2D eigenvalue weighted by Crippen LogP contribution is -2.04. The zero-order valence-corrected chi connectivity index (χ0v) is 31.2. The normalized spacial score (nSPS) is 13.5. The predicted octanol–water partition coefficient (Wildman–Crippen LogP) is 12.7. The van der Waals surface area contributed by atoms with E-state index >= 15 is 0 Å². The number of nitrogens with zero attached hydrogens (tertiary/aromatic N) is 6. The molecule has 0 saturated carbocycles. The molecule has 0 bridgehead atoms. The van der Waals surface area contributed by atoms with Crippen LogP contribution in [0.25, 0.3) is 76.8 Å². The third-order valence-corrected chi connectivity index (χ3v) is 9.89. The largest absolute Gasteiger partial charge is 0.355 e. The van der Waals surface area contributed by atoms with Crippen molar-refractivity contribution in [1.82, 2.24) is 14.1 Å². The van der Waals surface area contributed by atoms with Gasteiger partial charge in [0.25, 0.3) is 0 Å². The Kier molecular flexibility index (Phi) is 6.72. The number of halogens is 2. The van der Waals surface area contributed by atoms with Crippen LogP contribution in [0.1, 0.15) is 38.7 Å². The minimum absolute atomic E-state index is 0.0125. The molecule has 286 valence electrons. The summed E-state index contributed by atoms with van der Waals surface area (Å²) in [6, 6.07) is 30.1. The van der Waals surface area contributed by atoms with Crippen molar-refractivity contribution in [2.45, 2.75) is 0 Å². The number of nitrogens with one attached hydrogen (secondary N) is 1. The number of aromatic amines is 1. The topological polar surface area (TPSA) is 121 Å². The first-order chi connectivity index (χ1) is 34.9. The van der Waals surface area contributed by atoms with Crippen LogP contribution in [-0.2, 0) is 0 Å². The molecule has 9 heteroatoms. The monoisotopic (exact) mass is 801 g/mol. The number of hydrogen-bond acceptors (Lipinski definition) is 4. The van der Waals surface area contributed by atoms with Crippen LogP contribution in [0.2, 0.25) is 0 Å². The first-order valence-corrected chi connectivity index (χ1v) is 18.2. The van der Waals surface area contributed by atoms with Gasteiger partial charge in [-0.25, -0.2) is 8.78 Å². The molecule has 0 radical (unpaired) electrons. The van der Waals surface area contributed by atoms with Gasteiger partial charge in [0.05, 0.1) is 72.1 Å². The number of nitriles is 4. The van der Waals surface area contributed by atoms with Crippen LogP contribution in [0.15, 0.2) is 170 Å². The van der Waals surface area contributed by atoms with Gasteiger partial charge in [0.1, 0.15) is 35.9 Å². The zero-order chi connectivity index (χ0) is 52.5. The molecule has 0 fully saturated rings. The molecule has 0 spiro atoms. The van der Waals surface area contributed by atoms with Crippen LogP contribution < -0.4 is 0 Å². The Morgan fingerprint density at radius 3 is 1.31 bits per heavy atom. The van der Waals surface area contributed by atoms with E-state index in [4.69, 9.17) is 27.0 Å². The van der Waals surface area contributed by atoms with Crippen LogP contribution in [0, 0.1) is 57.0 Å². The predicted molar refractivity (Wildman–Crippen MR) is 236 cm³/mol. The highest BCUT2D eigenvalue weighted by molar-refractivity contribution is 6.11. The van der Waals surface area contributed by atoms with Gasteiger partial charge in [-0.1, -0.05) is 109 Å². The van der Waals surface area contributed by atoms with E-state index < -0.39 is 34.8 Å². The van der Waals surface area contributed by atoms with E-state index in [1.807, 2.05) is 24.3 Å². The van der Waals surface area contributed by atoms with Crippen molar-refractivity contribution in [3.63, 3.8) is 0 Å². The average Bonchev–Trinajstić information content (AvgIpc) is 4.09. The van der Waals surface area contributed by atoms with Crippen molar-refractivity contribution in [2.75, 3.05) is 0 Å². The maximum absolute atomic E-state index is 12.7. The standard InChI is InChI=1S/C32H18N4.C12H9N.C8H2F2N2/c33-19-21-18-32(36-29-15-7-3-11-25(29)26-12-4-8-16-30(26)36)22(20-34)17-31(21)35-27-13-5-1-9-23(27)24-10-2-6-14-28(24)35;1-3-7-11-9(5-1)10-6-2-4-8-12(10)13-11;9-7-1-5(3-11)8(10)2-6(7)4-12/h1-18H;1-8,13H;1-2H/i1D,3D,5D,7D,9D,11D,13D,15D;1D,3D,5D,7D;. The molecule has 11 aromatic rings. The molecule has 61 heavy (non-hydrogen) atoms. The van der Waals surface area contributed by atoms with E-state index in [1.54, 1.807) is 57.7 Å². The van der Waals surface area contributed by atoms with Gasteiger partial charge in [-0.3, -0.25) is 0 Å². The van der Waals surface area contributed by atoms with Crippen molar-refractivity contribution in [1.29, 1.82) is 21.0 Å². The number of aromatic nitrogens is 3. The Morgan fingerprint density at radius 1 is 0.410 bits per heavy atom. The van der Waals surface area contributed by atoms with Gasteiger partial charge in [-0.15, -0.1) is 0 Å². The van der Waals surface area contributed by atoms with Gasteiger partial charge in [-0.2, -0.15) is 21.0 Å². The molecule has 3 heterocycles. The number of para-hydroxylation sites is 6. The molecular formula is C52H29F2N7. The molecular weight excluding hydrogens is 761 g/mol. The summed E-state index contributed by atoms with van der Waals surface area (Å²) in [4.78, 5) is 3.04. The van der Waals surface area contributed by atoms with E-state index in [2.05, 4.69) is 17.1 Å². The van der Waals surface area contributed by atoms with Gasteiger partial charge in [0.2, 0.25) is 0 Å². The summed E-state index contributed by atoms with van der Waals surface area (Å²) in [5, 5.41) is 40.5. The molecule has 0 aliphatic heterocycles. The summed E-state index contributed by atoms with van der Waals surface area (Å²) in [6.45, 7) is 0. The lowest BCUT2D eigenvalue weighted by Gasteiger charge is -2.15. The molecule has 0 saturated heterocycles. The van der Waals surface area contributed by atoms with Crippen molar-refractivity contribution in [2.24, 2.45) is 0 Å². The van der Waals surface area contributed by atoms with Crippen LogP contribution in [0.5, 0.6) is 0 Å². The molecule has 1 N–H and O–H groups in total. The second-order valence-corrected chi connectivity index (χ2v) is 13.2. The number of rotatable bonds is 2. The summed E-state index contributed by atoms with van der Waals surface area (Å²) in [7, 11) is 0.